The molecule has 0 aliphatic heterocycles. The quantitative estimate of drug-likeness (QED) is 0.828. The smallest absolute Gasteiger partial charge is 0.127 e. The van der Waals surface area contributed by atoms with Crippen LogP contribution in [0.4, 0.5) is 5.69 Å². The summed E-state index contributed by atoms with van der Waals surface area (Å²) < 4.78 is 11.8. The molecule has 0 radical (unpaired) electrons. The van der Waals surface area contributed by atoms with Crippen LogP contribution in [0.1, 0.15) is 24.1 Å². The van der Waals surface area contributed by atoms with Crippen molar-refractivity contribution in [2.24, 2.45) is 0 Å². The van der Waals surface area contributed by atoms with E-state index < -0.39 is 0 Å². The summed E-state index contributed by atoms with van der Waals surface area (Å²) in [4.78, 5) is 0. The van der Waals surface area contributed by atoms with E-state index in [2.05, 4.69) is 41.2 Å². The van der Waals surface area contributed by atoms with Crippen LogP contribution in [0.5, 0.6) is 11.5 Å². The number of nitrogens with one attached hydrogen (secondary N) is 1. The number of hydrogen-bond acceptors (Lipinski definition) is 3. The van der Waals surface area contributed by atoms with E-state index in [0.29, 0.717) is 0 Å². The normalized spacial score (nSPS) is 11.9. The molecule has 2 aromatic carbocycles. The van der Waals surface area contributed by atoms with Crippen molar-refractivity contribution < 1.29 is 9.47 Å². The summed E-state index contributed by atoms with van der Waals surface area (Å²) in [6.45, 7) is 4.20. The molecule has 2 rings (SSSR count). The molecular weight excluding hydrogens is 330 g/mol. The molecule has 0 fully saturated rings. The molecule has 1 atom stereocenters. The van der Waals surface area contributed by atoms with Gasteiger partial charge in [-0.15, -0.1) is 0 Å². The molecule has 0 saturated carbocycles. The Balaban J connectivity index is 2.28. The fourth-order valence-electron chi connectivity index (χ4n) is 2.25. The van der Waals surface area contributed by atoms with Crippen LogP contribution in [0.25, 0.3) is 0 Å². The number of anilines is 1. The van der Waals surface area contributed by atoms with Crippen molar-refractivity contribution in [1.29, 1.82) is 0 Å². The summed E-state index contributed by atoms with van der Waals surface area (Å²) in [5.41, 5.74) is 3.39. The number of rotatable bonds is 5. The number of ether oxygens (including phenoxy) is 2. The lowest BCUT2D eigenvalue weighted by Gasteiger charge is -2.20. The first-order valence-electron chi connectivity index (χ1n) is 6.80. The molecule has 0 aliphatic rings. The molecule has 3 nitrogen and oxygen atoms in total. The van der Waals surface area contributed by atoms with E-state index in [4.69, 9.17) is 9.47 Å². The molecular formula is C17H20BrNO2. The van der Waals surface area contributed by atoms with Gasteiger partial charge in [-0.1, -0.05) is 22.0 Å². The topological polar surface area (TPSA) is 30.5 Å². The van der Waals surface area contributed by atoms with Gasteiger partial charge in [-0.2, -0.15) is 0 Å². The monoisotopic (exact) mass is 349 g/mol. The third-order valence-corrected chi connectivity index (χ3v) is 4.41. The van der Waals surface area contributed by atoms with E-state index in [1.807, 2.05) is 30.3 Å². The Labute approximate surface area is 134 Å². The first-order valence-corrected chi connectivity index (χ1v) is 7.59. The van der Waals surface area contributed by atoms with Crippen molar-refractivity contribution in [2.45, 2.75) is 19.9 Å². The first kappa shape index (κ1) is 15.7. The highest BCUT2D eigenvalue weighted by Crippen LogP contribution is 2.33. The van der Waals surface area contributed by atoms with Crippen LogP contribution in [0.3, 0.4) is 0 Å². The van der Waals surface area contributed by atoms with Crippen molar-refractivity contribution >= 4 is 21.6 Å². The van der Waals surface area contributed by atoms with Crippen LogP contribution in [0, 0.1) is 6.92 Å². The largest absolute Gasteiger partial charge is 0.497 e. The molecule has 1 N–H and O–H groups in total. The lowest BCUT2D eigenvalue weighted by Crippen LogP contribution is -2.09. The third kappa shape index (κ3) is 3.50. The van der Waals surface area contributed by atoms with Gasteiger partial charge in [-0.05, 0) is 43.7 Å². The molecule has 0 bridgehead atoms. The zero-order valence-electron chi connectivity index (χ0n) is 12.7. The van der Waals surface area contributed by atoms with Crippen LogP contribution in [-0.2, 0) is 0 Å². The highest BCUT2D eigenvalue weighted by molar-refractivity contribution is 9.10. The van der Waals surface area contributed by atoms with Gasteiger partial charge in [-0.25, -0.2) is 0 Å². The van der Waals surface area contributed by atoms with Crippen molar-refractivity contribution in [3.8, 4) is 11.5 Å². The minimum atomic E-state index is 0.124. The highest BCUT2D eigenvalue weighted by atomic mass is 79.9. The second-order valence-corrected chi connectivity index (χ2v) is 5.74. The van der Waals surface area contributed by atoms with Gasteiger partial charge in [0.1, 0.15) is 11.5 Å². The van der Waals surface area contributed by atoms with Gasteiger partial charge in [0.15, 0.2) is 0 Å². The van der Waals surface area contributed by atoms with Gasteiger partial charge in [0, 0.05) is 21.8 Å². The Hall–Kier alpha value is -1.68. The standard InChI is InChI=1S/C17H20BrNO2/c1-11-15(18)6-5-7-16(11)19-12(2)14-9-8-13(20-3)10-17(14)21-4/h5-10,12,19H,1-4H3. The summed E-state index contributed by atoms with van der Waals surface area (Å²) in [6.07, 6.45) is 0. The van der Waals surface area contributed by atoms with Gasteiger partial charge in [0.05, 0.1) is 20.3 Å². The molecule has 1 unspecified atom stereocenters. The van der Waals surface area contributed by atoms with Crippen molar-refractivity contribution in [1.82, 2.24) is 0 Å². The Morgan fingerprint density at radius 3 is 2.52 bits per heavy atom. The number of hydrogen-bond donors (Lipinski definition) is 1. The molecule has 21 heavy (non-hydrogen) atoms. The van der Waals surface area contributed by atoms with E-state index >= 15 is 0 Å². The SMILES string of the molecule is COc1ccc(C(C)Nc2cccc(Br)c2C)c(OC)c1. The van der Waals surface area contributed by atoms with Crippen LogP contribution in [0.2, 0.25) is 0 Å². The third-order valence-electron chi connectivity index (χ3n) is 3.55. The van der Waals surface area contributed by atoms with Crippen LogP contribution < -0.4 is 14.8 Å². The minimum absolute atomic E-state index is 0.124. The molecule has 0 saturated heterocycles. The van der Waals surface area contributed by atoms with Gasteiger partial charge >= 0.3 is 0 Å². The molecule has 2 aromatic rings. The van der Waals surface area contributed by atoms with Gasteiger partial charge in [0.2, 0.25) is 0 Å². The molecule has 0 aliphatic carbocycles. The predicted molar refractivity (Wildman–Crippen MR) is 90.5 cm³/mol. The maximum atomic E-state index is 5.47. The summed E-state index contributed by atoms with van der Waals surface area (Å²) in [5.74, 6) is 1.61. The molecule has 0 heterocycles. The first-order chi connectivity index (χ1) is 10.1. The van der Waals surface area contributed by atoms with Crippen molar-refractivity contribution in [3.63, 3.8) is 0 Å². The Morgan fingerprint density at radius 2 is 1.86 bits per heavy atom. The fraction of sp³-hybridized carbons (Fsp3) is 0.294. The second-order valence-electron chi connectivity index (χ2n) is 4.89. The molecule has 112 valence electrons. The lowest BCUT2D eigenvalue weighted by molar-refractivity contribution is 0.390. The van der Waals surface area contributed by atoms with Gasteiger partial charge in [-0.3, -0.25) is 0 Å². The summed E-state index contributed by atoms with van der Waals surface area (Å²) in [6, 6.07) is 12.1. The van der Waals surface area contributed by atoms with E-state index in [1.165, 1.54) is 5.56 Å². The fourth-order valence-corrected chi connectivity index (χ4v) is 2.62. The van der Waals surface area contributed by atoms with Gasteiger partial charge < -0.3 is 14.8 Å². The zero-order chi connectivity index (χ0) is 15.4. The Morgan fingerprint density at radius 1 is 1.10 bits per heavy atom. The van der Waals surface area contributed by atoms with Crippen LogP contribution in [-0.4, -0.2) is 14.2 Å². The van der Waals surface area contributed by atoms with E-state index in [1.54, 1.807) is 14.2 Å². The molecule has 0 amide bonds. The summed E-state index contributed by atoms with van der Waals surface area (Å²) in [5, 5.41) is 3.53. The average Bonchev–Trinajstić information content (AvgIpc) is 2.51. The Bertz CT molecular complexity index is 628. The summed E-state index contributed by atoms with van der Waals surface area (Å²) in [7, 11) is 3.33. The minimum Gasteiger partial charge on any atom is -0.497 e. The Kier molecular flexibility index (Phi) is 5.12. The average molecular weight is 350 g/mol. The molecule has 0 aromatic heterocycles. The second kappa shape index (κ2) is 6.85. The number of halogens is 1. The maximum Gasteiger partial charge on any atom is 0.127 e. The van der Waals surface area contributed by atoms with Gasteiger partial charge in [0.25, 0.3) is 0 Å². The number of methoxy groups -OCH3 is 2. The van der Waals surface area contributed by atoms with E-state index in [-0.39, 0.29) is 6.04 Å². The lowest BCUT2D eigenvalue weighted by atomic mass is 10.1. The zero-order valence-corrected chi connectivity index (χ0v) is 14.3. The number of benzene rings is 2. The van der Waals surface area contributed by atoms with Crippen molar-refractivity contribution in [3.05, 3.63) is 52.0 Å². The van der Waals surface area contributed by atoms with E-state index in [0.717, 1.165) is 27.2 Å². The van der Waals surface area contributed by atoms with Crippen LogP contribution >= 0.6 is 15.9 Å². The molecule has 4 heteroatoms. The highest BCUT2D eigenvalue weighted by Gasteiger charge is 2.13. The molecule has 0 spiro atoms. The predicted octanol–water partition coefficient (Wildman–Crippen LogP) is 4.95. The van der Waals surface area contributed by atoms with E-state index in [9.17, 15) is 0 Å². The maximum absolute atomic E-state index is 5.47. The van der Waals surface area contributed by atoms with Crippen molar-refractivity contribution in [2.75, 3.05) is 19.5 Å². The summed E-state index contributed by atoms with van der Waals surface area (Å²) >= 11 is 3.56. The van der Waals surface area contributed by atoms with Crippen LogP contribution in [0.15, 0.2) is 40.9 Å².